The van der Waals surface area contributed by atoms with Crippen LogP contribution in [0.2, 0.25) is 10.3 Å². The lowest BCUT2D eigenvalue weighted by Crippen LogP contribution is -2.23. The number of carbonyl (C=O) groups is 1. The average molecular weight is 273 g/mol. The Labute approximate surface area is 103 Å². The fourth-order valence-corrected chi connectivity index (χ4v) is 1.12. The number of aromatic nitrogens is 1. The van der Waals surface area contributed by atoms with Gasteiger partial charge in [-0.05, 0) is 19.1 Å². The summed E-state index contributed by atoms with van der Waals surface area (Å²) in [6, 6.07) is 2.94. The van der Waals surface area contributed by atoms with Crippen LogP contribution >= 0.6 is 35.6 Å². The summed E-state index contributed by atoms with van der Waals surface area (Å²) in [4.78, 5) is 14.2. The van der Waals surface area contributed by atoms with E-state index >= 15 is 0 Å². The number of hydrogen-bond donors (Lipinski definition) is 1. The normalized spacial score (nSPS) is 11.4. The van der Waals surface area contributed by atoms with E-state index in [0.29, 0.717) is 0 Å². The Morgan fingerprint density at radius 3 is 2.60 bits per heavy atom. The molecule has 7 heteroatoms. The first-order valence-electron chi connectivity index (χ1n) is 3.72. The predicted octanol–water partition coefficient (Wildman–Crippen LogP) is 2.66. The van der Waals surface area contributed by atoms with Crippen molar-refractivity contribution in [1.29, 1.82) is 0 Å². The van der Waals surface area contributed by atoms with Crippen LogP contribution in [0.5, 0.6) is 5.75 Å². The number of halogens is 3. The third-order valence-corrected chi connectivity index (χ3v) is 1.91. The van der Waals surface area contributed by atoms with Gasteiger partial charge in [-0.2, -0.15) is 0 Å². The fraction of sp³-hybridized carbons (Fsp3) is 0.250. The molecule has 15 heavy (non-hydrogen) atoms. The van der Waals surface area contributed by atoms with Crippen LogP contribution in [0.3, 0.4) is 0 Å². The Morgan fingerprint density at radius 1 is 1.53 bits per heavy atom. The van der Waals surface area contributed by atoms with Crippen LogP contribution in [0.4, 0.5) is 0 Å². The number of pyridine rings is 1. The second kappa shape index (κ2) is 6.00. The lowest BCUT2D eigenvalue weighted by Gasteiger charge is -2.10. The van der Waals surface area contributed by atoms with Crippen molar-refractivity contribution in [2.45, 2.75) is 13.0 Å². The van der Waals surface area contributed by atoms with Gasteiger partial charge in [-0.3, -0.25) is 0 Å². The summed E-state index contributed by atoms with van der Waals surface area (Å²) < 4.78 is 5.01. The molecule has 1 unspecified atom stereocenters. The van der Waals surface area contributed by atoms with Crippen molar-refractivity contribution in [2.24, 2.45) is 0 Å². The average Bonchev–Trinajstić information content (AvgIpc) is 2.09. The molecule has 0 amide bonds. The summed E-state index contributed by atoms with van der Waals surface area (Å²) in [7, 11) is 0. The van der Waals surface area contributed by atoms with Crippen LogP contribution in [0.25, 0.3) is 0 Å². The first kappa shape index (κ1) is 14.3. The molecular formula is C8H8Cl3NO3. The molecule has 1 rings (SSSR count). The lowest BCUT2D eigenvalue weighted by atomic mass is 10.4. The third-order valence-electron chi connectivity index (χ3n) is 1.43. The third kappa shape index (κ3) is 4.11. The van der Waals surface area contributed by atoms with E-state index in [-0.39, 0.29) is 28.5 Å². The fourth-order valence-electron chi connectivity index (χ4n) is 0.728. The van der Waals surface area contributed by atoms with Crippen molar-refractivity contribution < 1.29 is 14.6 Å². The highest BCUT2D eigenvalue weighted by molar-refractivity contribution is 6.33. The standard InChI is InChI=1S/C8H7Cl2NO3.ClH/c1-4(8(12)13)14-5-2-3-6(9)11-7(5)10;/h2-4H,1H3,(H,12,13);1H. The minimum Gasteiger partial charge on any atom is -0.479 e. The van der Waals surface area contributed by atoms with Crippen molar-refractivity contribution >= 4 is 41.6 Å². The topological polar surface area (TPSA) is 59.4 Å². The largest absolute Gasteiger partial charge is 0.479 e. The maximum absolute atomic E-state index is 10.5. The number of carboxylic acids is 1. The van der Waals surface area contributed by atoms with Crippen molar-refractivity contribution in [3.8, 4) is 5.75 Å². The van der Waals surface area contributed by atoms with Gasteiger partial charge in [0, 0.05) is 0 Å². The molecular weight excluding hydrogens is 264 g/mol. The molecule has 0 aliphatic rings. The number of carboxylic acid groups (broad SMARTS) is 1. The van der Waals surface area contributed by atoms with Gasteiger partial charge >= 0.3 is 5.97 Å². The highest BCUT2D eigenvalue weighted by atomic mass is 35.5. The highest BCUT2D eigenvalue weighted by Gasteiger charge is 2.14. The van der Waals surface area contributed by atoms with E-state index in [1.54, 1.807) is 0 Å². The first-order valence-corrected chi connectivity index (χ1v) is 4.48. The van der Waals surface area contributed by atoms with Crippen LogP contribution < -0.4 is 4.74 Å². The zero-order valence-corrected chi connectivity index (χ0v) is 9.94. The Balaban J connectivity index is 0.00000196. The SMILES string of the molecule is CC(Oc1ccc(Cl)nc1Cl)C(=O)O.Cl. The van der Waals surface area contributed by atoms with Crippen LogP contribution in [0.1, 0.15) is 6.92 Å². The molecule has 0 spiro atoms. The minimum atomic E-state index is -1.07. The highest BCUT2D eigenvalue weighted by Crippen LogP contribution is 2.24. The van der Waals surface area contributed by atoms with Gasteiger partial charge in [-0.15, -0.1) is 12.4 Å². The number of ether oxygens (including phenoxy) is 1. The summed E-state index contributed by atoms with van der Waals surface area (Å²) in [6.07, 6.45) is -0.976. The van der Waals surface area contributed by atoms with Gasteiger partial charge in [-0.25, -0.2) is 9.78 Å². The van der Waals surface area contributed by atoms with E-state index < -0.39 is 12.1 Å². The lowest BCUT2D eigenvalue weighted by molar-refractivity contribution is -0.144. The summed E-state index contributed by atoms with van der Waals surface area (Å²) in [6.45, 7) is 1.40. The van der Waals surface area contributed by atoms with Gasteiger partial charge in [-0.1, -0.05) is 23.2 Å². The maximum Gasteiger partial charge on any atom is 0.344 e. The molecule has 0 aromatic carbocycles. The molecule has 0 saturated carbocycles. The minimum absolute atomic E-state index is 0. The maximum atomic E-state index is 10.5. The molecule has 4 nitrogen and oxygen atoms in total. The Hall–Kier alpha value is -0.710. The molecule has 84 valence electrons. The molecule has 1 heterocycles. The summed E-state index contributed by atoms with van der Waals surface area (Å²) in [5.74, 6) is -0.873. The molecule has 0 radical (unpaired) electrons. The molecule has 0 aliphatic heterocycles. The molecule has 1 atom stereocenters. The van der Waals surface area contributed by atoms with Gasteiger partial charge in [0.25, 0.3) is 0 Å². The monoisotopic (exact) mass is 271 g/mol. The van der Waals surface area contributed by atoms with E-state index in [9.17, 15) is 4.79 Å². The molecule has 1 N–H and O–H groups in total. The summed E-state index contributed by atoms with van der Waals surface area (Å²) in [5.41, 5.74) is 0. The van der Waals surface area contributed by atoms with Gasteiger partial charge in [0.15, 0.2) is 17.0 Å². The number of aliphatic carboxylic acids is 1. The van der Waals surface area contributed by atoms with Gasteiger partial charge in [0.2, 0.25) is 0 Å². The van der Waals surface area contributed by atoms with E-state index in [0.717, 1.165) is 0 Å². The van der Waals surface area contributed by atoms with Crippen LogP contribution in [0, 0.1) is 0 Å². The number of nitrogens with zero attached hydrogens (tertiary/aromatic N) is 1. The molecule has 0 bridgehead atoms. The van der Waals surface area contributed by atoms with E-state index in [2.05, 4.69) is 4.98 Å². The second-order valence-electron chi connectivity index (χ2n) is 2.52. The molecule has 0 saturated heterocycles. The van der Waals surface area contributed by atoms with E-state index in [1.807, 2.05) is 0 Å². The smallest absolute Gasteiger partial charge is 0.344 e. The zero-order chi connectivity index (χ0) is 10.7. The van der Waals surface area contributed by atoms with Gasteiger partial charge in [0.05, 0.1) is 0 Å². The molecule has 1 aromatic heterocycles. The Bertz CT molecular complexity index is 359. The van der Waals surface area contributed by atoms with E-state index in [1.165, 1.54) is 19.1 Å². The van der Waals surface area contributed by atoms with Crippen LogP contribution in [-0.4, -0.2) is 22.2 Å². The molecule has 1 aromatic rings. The first-order chi connectivity index (χ1) is 6.50. The predicted molar refractivity (Wildman–Crippen MR) is 59.2 cm³/mol. The Kier molecular flexibility index (Phi) is 5.72. The van der Waals surface area contributed by atoms with Crippen LogP contribution in [0.15, 0.2) is 12.1 Å². The molecule has 0 aliphatic carbocycles. The summed E-state index contributed by atoms with van der Waals surface area (Å²) >= 11 is 11.2. The number of rotatable bonds is 3. The van der Waals surface area contributed by atoms with Crippen molar-refractivity contribution in [1.82, 2.24) is 4.98 Å². The van der Waals surface area contributed by atoms with Crippen LogP contribution in [-0.2, 0) is 4.79 Å². The second-order valence-corrected chi connectivity index (χ2v) is 3.27. The van der Waals surface area contributed by atoms with Crippen molar-refractivity contribution in [3.63, 3.8) is 0 Å². The quantitative estimate of drug-likeness (QED) is 0.859. The van der Waals surface area contributed by atoms with E-state index in [4.69, 9.17) is 33.0 Å². The van der Waals surface area contributed by atoms with Crippen molar-refractivity contribution in [2.75, 3.05) is 0 Å². The zero-order valence-electron chi connectivity index (χ0n) is 7.61. The van der Waals surface area contributed by atoms with Gasteiger partial charge in [0.1, 0.15) is 5.15 Å². The summed E-state index contributed by atoms with van der Waals surface area (Å²) in [5, 5.41) is 8.85. The van der Waals surface area contributed by atoms with Gasteiger partial charge < -0.3 is 9.84 Å². The number of hydrogen-bond acceptors (Lipinski definition) is 3. The Morgan fingerprint density at radius 2 is 2.13 bits per heavy atom. The van der Waals surface area contributed by atoms with Crippen molar-refractivity contribution in [3.05, 3.63) is 22.4 Å². The molecule has 0 fully saturated rings.